The van der Waals surface area contributed by atoms with Gasteiger partial charge in [0.25, 0.3) is 5.91 Å². The molecule has 0 aromatic heterocycles. The molecule has 6 heteroatoms. The Hall–Kier alpha value is -3.59. The quantitative estimate of drug-likeness (QED) is 0.478. The molecular weight excluding hydrogens is 344 g/mol. The van der Waals surface area contributed by atoms with Crippen LogP contribution in [0.15, 0.2) is 54.1 Å². The number of hydrogen-bond donors (Lipinski definition) is 1. The number of nitrogens with zero attached hydrogens (tertiary/aromatic N) is 1. The number of carbonyl (C=O) groups is 2. The first-order valence-electron chi connectivity index (χ1n) is 8.31. The molecule has 0 atom stereocenters. The second kappa shape index (κ2) is 9.20. The van der Waals surface area contributed by atoms with E-state index in [0.717, 1.165) is 0 Å². The van der Waals surface area contributed by atoms with Crippen molar-refractivity contribution in [2.24, 2.45) is 0 Å². The third-order valence-electron chi connectivity index (χ3n) is 3.51. The van der Waals surface area contributed by atoms with E-state index in [1.165, 1.54) is 6.08 Å². The second-order valence-corrected chi connectivity index (χ2v) is 5.93. The molecule has 0 heterocycles. The Bertz CT molecular complexity index is 876. The van der Waals surface area contributed by atoms with Gasteiger partial charge in [0, 0.05) is 5.69 Å². The standard InChI is InChI=1S/C21H20N2O4/c1-14(2)27-21(25)16-6-8-18(9-7-16)23-20(24)17(13-22)12-15-4-10-19(26-3)11-5-15/h4-12,14H,1-3H3,(H,23,24)/b17-12+. The van der Waals surface area contributed by atoms with Gasteiger partial charge in [-0.2, -0.15) is 5.26 Å². The van der Waals surface area contributed by atoms with Crippen molar-refractivity contribution >= 4 is 23.6 Å². The van der Waals surface area contributed by atoms with Gasteiger partial charge < -0.3 is 14.8 Å². The molecule has 0 fully saturated rings. The van der Waals surface area contributed by atoms with Gasteiger partial charge >= 0.3 is 5.97 Å². The predicted octanol–water partition coefficient (Wildman–Crippen LogP) is 3.81. The summed E-state index contributed by atoms with van der Waals surface area (Å²) in [5.41, 5.74) is 1.52. The molecule has 0 saturated carbocycles. The number of ether oxygens (including phenoxy) is 2. The first kappa shape index (κ1) is 19.7. The summed E-state index contributed by atoms with van der Waals surface area (Å²) in [6.07, 6.45) is 1.28. The Kier molecular flexibility index (Phi) is 6.73. The lowest BCUT2D eigenvalue weighted by Gasteiger charge is -2.09. The molecule has 27 heavy (non-hydrogen) atoms. The maximum absolute atomic E-state index is 12.3. The Morgan fingerprint density at radius 1 is 1.07 bits per heavy atom. The maximum Gasteiger partial charge on any atom is 0.338 e. The number of nitrogens with one attached hydrogen (secondary N) is 1. The van der Waals surface area contributed by atoms with Gasteiger partial charge in [0.05, 0.1) is 18.8 Å². The highest BCUT2D eigenvalue weighted by atomic mass is 16.5. The number of rotatable bonds is 6. The molecule has 6 nitrogen and oxygen atoms in total. The maximum atomic E-state index is 12.3. The Morgan fingerprint density at radius 3 is 2.22 bits per heavy atom. The van der Waals surface area contributed by atoms with Crippen LogP contribution in [0, 0.1) is 11.3 Å². The fraction of sp³-hybridized carbons (Fsp3) is 0.190. The molecule has 1 N–H and O–H groups in total. The lowest BCUT2D eigenvalue weighted by atomic mass is 10.1. The van der Waals surface area contributed by atoms with Crippen LogP contribution in [0.4, 0.5) is 5.69 Å². The fourth-order valence-corrected chi connectivity index (χ4v) is 2.19. The van der Waals surface area contributed by atoms with Crippen LogP contribution in [0.2, 0.25) is 0 Å². The summed E-state index contributed by atoms with van der Waals surface area (Å²) < 4.78 is 10.2. The summed E-state index contributed by atoms with van der Waals surface area (Å²) in [4.78, 5) is 24.1. The summed E-state index contributed by atoms with van der Waals surface area (Å²) in [5, 5.41) is 11.9. The zero-order valence-corrected chi connectivity index (χ0v) is 15.4. The minimum Gasteiger partial charge on any atom is -0.497 e. The zero-order chi connectivity index (χ0) is 19.8. The molecule has 2 rings (SSSR count). The number of amides is 1. The van der Waals surface area contributed by atoms with Crippen molar-refractivity contribution in [3.8, 4) is 11.8 Å². The smallest absolute Gasteiger partial charge is 0.338 e. The molecule has 2 aromatic carbocycles. The largest absolute Gasteiger partial charge is 0.497 e. The Balaban J connectivity index is 2.08. The van der Waals surface area contributed by atoms with E-state index in [1.807, 2.05) is 6.07 Å². The van der Waals surface area contributed by atoms with E-state index in [4.69, 9.17) is 9.47 Å². The fourth-order valence-electron chi connectivity index (χ4n) is 2.19. The number of carbonyl (C=O) groups excluding carboxylic acids is 2. The molecule has 0 unspecified atom stereocenters. The van der Waals surface area contributed by atoms with Crippen LogP contribution in [0.5, 0.6) is 5.75 Å². The Labute approximate surface area is 158 Å². The van der Waals surface area contributed by atoms with Crippen LogP contribution in [-0.2, 0) is 9.53 Å². The van der Waals surface area contributed by atoms with Gasteiger partial charge in [-0.3, -0.25) is 4.79 Å². The molecular formula is C21H20N2O4. The monoisotopic (exact) mass is 364 g/mol. The summed E-state index contributed by atoms with van der Waals surface area (Å²) in [6, 6.07) is 15.2. The minimum absolute atomic E-state index is 0.0385. The first-order chi connectivity index (χ1) is 12.9. The first-order valence-corrected chi connectivity index (χ1v) is 8.31. The topological polar surface area (TPSA) is 88.4 Å². The number of methoxy groups -OCH3 is 1. The highest BCUT2D eigenvalue weighted by Crippen LogP contribution is 2.16. The van der Waals surface area contributed by atoms with Crippen molar-refractivity contribution < 1.29 is 19.1 Å². The molecule has 0 radical (unpaired) electrons. The molecule has 0 spiro atoms. The summed E-state index contributed by atoms with van der Waals surface area (Å²) in [5.74, 6) is -0.281. The van der Waals surface area contributed by atoms with E-state index in [2.05, 4.69) is 5.32 Å². The van der Waals surface area contributed by atoms with Crippen molar-refractivity contribution in [2.75, 3.05) is 12.4 Å². The highest BCUT2D eigenvalue weighted by Gasteiger charge is 2.12. The summed E-state index contributed by atoms with van der Waals surface area (Å²) in [6.45, 7) is 3.54. The van der Waals surface area contributed by atoms with Gasteiger partial charge in [0.1, 0.15) is 17.4 Å². The number of nitriles is 1. The van der Waals surface area contributed by atoms with E-state index < -0.39 is 11.9 Å². The number of anilines is 1. The van der Waals surface area contributed by atoms with Crippen LogP contribution in [-0.4, -0.2) is 25.1 Å². The molecule has 2 aromatic rings. The van der Waals surface area contributed by atoms with E-state index in [-0.39, 0.29) is 11.7 Å². The SMILES string of the molecule is COc1ccc(/C=C(\C#N)C(=O)Nc2ccc(C(=O)OC(C)C)cc2)cc1. The van der Waals surface area contributed by atoms with E-state index in [9.17, 15) is 14.9 Å². The number of esters is 1. The van der Waals surface area contributed by atoms with Crippen molar-refractivity contribution in [1.82, 2.24) is 0 Å². The third-order valence-corrected chi connectivity index (χ3v) is 3.51. The van der Waals surface area contributed by atoms with Gasteiger partial charge in [-0.15, -0.1) is 0 Å². The van der Waals surface area contributed by atoms with Crippen molar-refractivity contribution in [3.05, 3.63) is 65.2 Å². The summed E-state index contributed by atoms with van der Waals surface area (Å²) in [7, 11) is 1.56. The lowest BCUT2D eigenvalue weighted by Crippen LogP contribution is -2.14. The van der Waals surface area contributed by atoms with Crippen molar-refractivity contribution in [2.45, 2.75) is 20.0 Å². The highest BCUT2D eigenvalue weighted by molar-refractivity contribution is 6.09. The molecule has 0 aliphatic rings. The molecule has 0 aliphatic carbocycles. The molecule has 138 valence electrons. The van der Waals surface area contributed by atoms with Gasteiger partial charge in [0.15, 0.2) is 0 Å². The van der Waals surface area contributed by atoms with E-state index in [0.29, 0.717) is 22.6 Å². The van der Waals surface area contributed by atoms with Gasteiger partial charge in [0.2, 0.25) is 0 Å². The van der Waals surface area contributed by atoms with Crippen molar-refractivity contribution in [3.63, 3.8) is 0 Å². The van der Waals surface area contributed by atoms with Crippen LogP contribution in [0.25, 0.3) is 6.08 Å². The predicted molar refractivity (Wildman–Crippen MR) is 102 cm³/mol. The molecule has 0 aliphatic heterocycles. The van der Waals surface area contributed by atoms with E-state index >= 15 is 0 Å². The molecule has 0 bridgehead atoms. The van der Waals surface area contributed by atoms with Crippen LogP contribution in [0.3, 0.4) is 0 Å². The summed E-state index contributed by atoms with van der Waals surface area (Å²) >= 11 is 0. The van der Waals surface area contributed by atoms with Gasteiger partial charge in [-0.05, 0) is 61.9 Å². The zero-order valence-electron chi connectivity index (χ0n) is 15.4. The van der Waals surface area contributed by atoms with Crippen LogP contribution in [0.1, 0.15) is 29.8 Å². The van der Waals surface area contributed by atoms with Gasteiger partial charge in [-0.25, -0.2) is 4.79 Å². The normalized spacial score (nSPS) is 10.9. The van der Waals surface area contributed by atoms with Crippen LogP contribution >= 0.6 is 0 Å². The average molecular weight is 364 g/mol. The third kappa shape index (κ3) is 5.72. The number of benzene rings is 2. The van der Waals surface area contributed by atoms with Crippen molar-refractivity contribution in [1.29, 1.82) is 5.26 Å². The Morgan fingerprint density at radius 2 is 1.70 bits per heavy atom. The van der Waals surface area contributed by atoms with Gasteiger partial charge in [-0.1, -0.05) is 12.1 Å². The average Bonchev–Trinajstić information content (AvgIpc) is 2.66. The minimum atomic E-state index is -0.536. The molecule has 1 amide bonds. The lowest BCUT2D eigenvalue weighted by molar-refractivity contribution is -0.112. The van der Waals surface area contributed by atoms with E-state index in [1.54, 1.807) is 69.5 Å². The number of hydrogen-bond acceptors (Lipinski definition) is 5. The molecule has 0 saturated heterocycles. The van der Waals surface area contributed by atoms with Crippen LogP contribution < -0.4 is 10.1 Å². The second-order valence-electron chi connectivity index (χ2n) is 5.93.